The van der Waals surface area contributed by atoms with Gasteiger partial charge in [-0.25, -0.2) is 0 Å². The zero-order chi connectivity index (χ0) is 13.0. The third-order valence-electron chi connectivity index (χ3n) is 2.57. The molecule has 0 aromatic rings. The van der Waals surface area contributed by atoms with Crippen molar-refractivity contribution < 1.29 is 37.7 Å². The topological polar surface area (TPSA) is 12.5 Å². The van der Waals surface area contributed by atoms with Crippen molar-refractivity contribution in [3.05, 3.63) is 0 Å². The second-order valence-electron chi connectivity index (χ2n) is 3.72. The van der Waals surface area contributed by atoms with Crippen molar-refractivity contribution in [1.29, 1.82) is 0 Å². The van der Waals surface area contributed by atoms with E-state index in [9.17, 15) is 13.2 Å². The van der Waals surface area contributed by atoms with E-state index < -0.39 is 17.8 Å². The SMILES string of the molecule is CCC[I-]N(C)C(C)C(C)([O][Sn])C(F)(F)F. The summed E-state index contributed by atoms with van der Waals surface area (Å²) in [7, 11) is 1.76. The Bertz CT molecular complexity index is 217. The van der Waals surface area contributed by atoms with Crippen molar-refractivity contribution in [2.24, 2.45) is 0 Å². The summed E-state index contributed by atoms with van der Waals surface area (Å²) >= 11 is 0.119. The Labute approximate surface area is 120 Å². The molecule has 0 aliphatic heterocycles. The Kier molecular flexibility index (Phi) is 7.52. The maximum absolute atomic E-state index is 12.9. The summed E-state index contributed by atoms with van der Waals surface area (Å²) in [5.41, 5.74) is -2.05. The van der Waals surface area contributed by atoms with Crippen molar-refractivity contribution in [3.8, 4) is 0 Å². The maximum atomic E-state index is 12.9. The molecule has 97 valence electrons. The molecule has 0 saturated carbocycles. The van der Waals surface area contributed by atoms with E-state index in [4.69, 9.17) is 3.07 Å². The van der Waals surface area contributed by atoms with E-state index in [-0.39, 0.29) is 21.5 Å². The number of halogens is 4. The summed E-state index contributed by atoms with van der Waals surface area (Å²) in [6.07, 6.45) is -3.30. The minimum atomic E-state index is -4.32. The first-order valence-electron chi connectivity index (χ1n) is 4.94. The van der Waals surface area contributed by atoms with Gasteiger partial charge < -0.3 is 0 Å². The predicted octanol–water partition coefficient (Wildman–Crippen LogP) is -0.858. The molecule has 0 aliphatic rings. The molecule has 0 N–H and O–H groups in total. The number of hydrogen-bond donors (Lipinski definition) is 0. The summed E-state index contributed by atoms with van der Waals surface area (Å²) in [5.74, 6) is 0. The minimum absolute atomic E-state index is 0.335. The van der Waals surface area contributed by atoms with Crippen LogP contribution >= 0.6 is 0 Å². The van der Waals surface area contributed by atoms with Gasteiger partial charge in [-0.15, -0.1) is 0 Å². The molecule has 2 unspecified atom stereocenters. The molecule has 0 aromatic heterocycles. The summed E-state index contributed by atoms with van der Waals surface area (Å²) < 4.78 is 46.4. The fourth-order valence-electron chi connectivity index (χ4n) is 1.04. The van der Waals surface area contributed by atoms with Crippen LogP contribution in [0.5, 0.6) is 0 Å². The van der Waals surface area contributed by atoms with E-state index in [1.165, 1.54) is 0 Å². The normalized spacial score (nSPS) is 18.8. The monoisotopic (exact) mass is 459 g/mol. The summed E-state index contributed by atoms with van der Waals surface area (Å²) in [6.45, 7) is 4.77. The Morgan fingerprint density at radius 1 is 1.44 bits per heavy atom. The van der Waals surface area contributed by atoms with E-state index in [2.05, 4.69) is 0 Å². The predicted molar refractivity (Wildman–Crippen MR) is 53.7 cm³/mol. The van der Waals surface area contributed by atoms with Crippen molar-refractivity contribution >= 4 is 22.9 Å². The molecule has 7 heteroatoms. The molecule has 0 heterocycles. The van der Waals surface area contributed by atoms with Crippen LogP contribution < -0.4 is 21.5 Å². The first kappa shape index (κ1) is 17.2. The van der Waals surface area contributed by atoms with Crippen molar-refractivity contribution in [2.45, 2.75) is 45.0 Å². The molecule has 16 heavy (non-hydrogen) atoms. The average molecular weight is 458 g/mol. The zero-order valence-electron chi connectivity index (χ0n) is 9.86. The number of rotatable bonds is 6. The van der Waals surface area contributed by atoms with Gasteiger partial charge in [-0.2, -0.15) is 0 Å². The molecule has 0 spiro atoms. The molecule has 3 radical (unpaired) electrons. The standard InChI is InChI=1S/C9H17F3INO.Sn/c1-5-6-13-14(4)7(2)8(3,15)9(10,11)12;/h7H,5-6H2,1-4H3;/q-2;+1. The molecule has 0 aliphatic carbocycles. The quantitative estimate of drug-likeness (QED) is 0.223. The Morgan fingerprint density at radius 2 is 1.94 bits per heavy atom. The third-order valence-corrected chi connectivity index (χ3v) is 7.25. The van der Waals surface area contributed by atoms with Gasteiger partial charge in [-0.3, -0.25) is 0 Å². The average Bonchev–Trinajstić information content (AvgIpc) is 2.21. The van der Waals surface area contributed by atoms with Crippen molar-refractivity contribution in [2.75, 3.05) is 11.5 Å². The van der Waals surface area contributed by atoms with Gasteiger partial charge in [0.05, 0.1) is 0 Å². The van der Waals surface area contributed by atoms with Crippen LogP contribution in [-0.2, 0) is 3.07 Å². The number of nitrogens with zero attached hydrogens (tertiary/aromatic N) is 1. The van der Waals surface area contributed by atoms with Gasteiger partial charge in [0, 0.05) is 0 Å². The molecule has 0 bridgehead atoms. The molecule has 0 aromatic carbocycles. The van der Waals surface area contributed by atoms with E-state index in [0.717, 1.165) is 17.8 Å². The van der Waals surface area contributed by atoms with Gasteiger partial charge in [0.15, 0.2) is 0 Å². The second kappa shape index (κ2) is 6.98. The van der Waals surface area contributed by atoms with Crippen LogP contribution in [0.2, 0.25) is 0 Å². The third kappa shape index (κ3) is 4.16. The van der Waals surface area contributed by atoms with E-state index in [0.29, 0.717) is 22.9 Å². The van der Waals surface area contributed by atoms with Crippen LogP contribution in [0.25, 0.3) is 0 Å². The number of alkyl halides is 4. The summed E-state index contributed by atoms with van der Waals surface area (Å²) in [4.78, 5) is 0. The Hall–Kier alpha value is 1.24. The molecule has 2 atom stereocenters. The van der Waals surface area contributed by atoms with E-state index in [1.54, 1.807) is 14.0 Å². The van der Waals surface area contributed by atoms with Crippen LogP contribution in [0.1, 0.15) is 27.2 Å². The first-order valence-corrected chi connectivity index (χ1v) is 8.60. The molecular formula is C9H17F3INOSn-. The first-order chi connectivity index (χ1) is 7.20. The number of hydrogen-bond acceptors (Lipinski definition) is 2. The van der Waals surface area contributed by atoms with Gasteiger partial charge in [0.2, 0.25) is 0 Å². The fourth-order valence-corrected chi connectivity index (χ4v) is 4.22. The molecule has 0 amide bonds. The molecular weight excluding hydrogens is 441 g/mol. The van der Waals surface area contributed by atoms with E-state index in [1.807, 2.05) is 10.0 Å². The Balaban J connectivity index is 4.70. The van der Waals surface area contributed by atoms with Crippen LogP contribution in [0.15, 0.2) is 0 Å². The Morgan fingerprint density at radius 3 is 2.25 bits per heavy atom. The second-order valence-corrected chi connectivity index (χ2v) is 7.58. The summed E-state index contributed by atoms with van der Waals surface area (Å²) in [5, 5.41) is 0. The van der Waals surface area contributed by atoms with Crippen LogP contribution in [0, 0.1) is 0 Å². The van der Waals surface area contributed by atoms with Crippen molar-refractivity contribution in [3.63, 3.8) is 0 Å². The molecule has 0 rings (SSSR count). The van der Waals surface area contributed by atoms with E-state index >= 15 is 0 Å². The summed E-state index contributed by atoms with van der Waals surface area (Å²) in [6, 6.07) is -0.633. The van der Waals surface area contributed by atoms with Gasteiger partial charge in [-0.1, -0.05) is 0 Å². The van der Waals surface area contributed by atoms with Gasteiger partial charge in [0.1, 0.15) is 0 Å². The van der Waals surface area contributed by atoms with Crippen molar-refractivity contribution in [1.82, 2.24) is 3.11 Å². The molecule has 0 fully saturated rings. The molecule has 0 saturated heterocycles. The molecule has 2 nitrogen and oxygen atoms in total. The van der Waals surface area contributed by atoms with Gasteiger partial charge in [0.25, 0.3) is 0 Å². The van der Waals surface area contributed by atoms with Crippen LogP contribution in [0.3, 0.4) is 0 Å². The number of likely N-dealkylation sites (N-methyl/N-ethyl adjacent to an activating group) is 1. The van der Waals surface area contributed by atoms with Gasteiger partial charge >= 0.3 is 120 Å². The fraction of sp³-hybridized carbons (Fsp3) is 1.00. The van der Waals surface area contributed by atoms with Gasteiger partial charge in [-0.05, 0) is 0 Å². The van der Waals surface area contributed by atoms with Crippen LogP contribution in [-0.4, -0.2) is 55.3 Å². The zero-order valence-corrected chi connectivity index (χ0v) is 14.9. The van der Waals surface area contributed by atoms with Crippen LogP contribution in [0.4, 0.5) is 13.2 Å².